The first-order valence-corrected chi connectivity index (χ1v) is 6.16. The van der Waals surface area contributed by atoms with E-state index in [1.165, 1.54) is 12.1 Å². The summed E-state index contributed by atoms with van der Waals surface area (Å²) < 4.78 is 28.4. The molecule has 2 atom stereocenters. The van der Waals surface area contributed by atoms with E-state index in [0.29, 0.717) is 12.1 Å². The molecule has 0 bridgehead atoms. The van der Waals surface area contributed by atoms with Crippen LogP contribution in [0.2, 0.25) is 0 Å². The normalized spacial score (nSPS) is 21.4. The van der Waals surface area contributed by atoms with Gasteiger partial charge in [0.1, 0.15) is 5.75 Å². The molecule has 0 heterocycles. The van der Waals surface area contributed by atoms with Crippen molar-refractivity contribution in [2.45, 2.75) is 31.9 Å². The van der Waals surface area contributed by atoms with E-state index in [1.54, 1.807) is 12.1 Å². The van der Waals surface area contributed by atoms with Crippen LogP contribution in [0.25, 0.3) is 0 Å². The van der Waals surface area contributed by atoms with Gasteiger partial charge < -0.3 is 15.8 Å². The molecule has 0 radical (unpaired) electrons. The summed E-state index contributed by atoms with van der Waals surface area (Å²) in [6.07, 6.45) is 2.27. The van der Waals surface area contributed by atoms with Gasteiger partial charge in [-0.2, -0.15) is 8.78 Å². The summed E-state index contributed by atoms with van der Waals surface area (Å²) in [4.78, 5) is 11.9. The average Bonchev–Trinajstić information content (AvgIpc) is 2.75. The number of carbonyl (C=O) groups excluding carboxylic acids is 1. The number of ether oxygens (including phenoxy) is 1. The van der Waals surface area contributed by atoms with Crippen LogP contribution in [-0.2, 0) is 4.79 Å². The van der Waals surface area contributed by atoms with Crippen molar-refractivity contribution < 1.29 is 18.3 Å². The molecule has 20 heavy (non-hydrogen) atoms. The Kier molecular flexibility index (Phi) is 6.16. The van der Waals surface area contributed by atoms with Crippen molar-refractivity contribution in [1.82, 2.24) is 0 Å². The lowest BCUT2D eigenvalue weighted by Gasteiger charge is -2.12. The second-order valence-corrected chi connectivity index (χ2v) is 4.67. The zero-order chi connectivity index (χ0) is 13.8. The van der Waals surface area contributed by atoms with Crippen molar-refractivity contribution in [3.63, 3.8) is 0 Å². The van der Waals surface area contributed by atoms with Gasteiger partial charge in [0.05, 0.1) is 0 Å². The SMILES string of the molecule is Cl.NC1CCC(C(=O)Nc2cccc(OC(F)F)c2)C1. The number of anilines is 1. The fourth-order valence-corrected chi connectivity index (χ4v) is 2.25. The fraction of sp³-hybridized carbons (Fsp3) is 0.462. The number of hydrogen-bond donors (Lipinski definition) is 2. The van der Waals surface area contributed by atoms with Crippen LogP contribution in [-0.4, -0.2) is 18.6 Å². The first kappa shape index (κ1) is 16.7. The highest BCUT2D eigenvalue weighted by Gasteiger charge is 2.27. The largest absolute Gasteiger partial charge is 0.435 e. The molecule has 112 valence electrons. The molecule has 0 saturated heterocycles. The van der Waals surface area contributed by atoms with Gasteiger partial charge in [-0.3, -0.25) is 4.79 Å². The van der Waals surface area contributed by atoms with Crippen LogP contribution < -0.4 is 15.8 Å². The van der Waals surface area contributed by atoms with E-state index in [0.717, 1.165) is 12.8 Å². The number of carbonyl (C=O) groups is 1. The number of hydrogen-bond acceptors (Lipinski definition) is 3. The maximum Gasteiger partial charge on any atom is 0.387 e. The summed E-state index contributed by atoms with van der Waals surface area (Å²) in [6, 6.07) is 6.04. The van der Waals surface area contributed by atoms with Gasteiger partial charge in [-0.15, -0.1) is 12.4 Å². The Balaban J connectivity index is 0.00000200. The van der Waals surface area contributed by atoms with Gasteiger partial charge in [0.2, 0.25) is 5.91 Å². The number of benzene rings is 1. The Labute approximate surface area is 122 Å². The highest BCUT2D eigenvalue weighted by Crippen LogP contribution is 2.26. The fourth-order valence-electron chi connectivity index (χ4n) is 2.25. The van der Waals surface area contributed by atoms with E-state index in [4.69, 9.17) is 5.73 Å². The molecule has 1 aliphatic carbocycles. The molecule has 7 heteroatoms. The van der Waals surface area contributed by atoms with Crippen LogP contribution in [0.5, 0.6) is 5.75 Å². The number of rotatable bonds is 4. The minimum atomic E-state index is -2.88. The van der Waals surface area contributed by atoms with Crippen LogP contribution in [0.3, 0.4) is 0 Å². The average molecular weight is 307 g/mol. The monoisotopic (exact) mass is 306 g/mol. The molecule has 4 nitrogen and oxygen atoms in total. The molecule has 3 N–H and O–H groups in total. The molecule has 1 aliphatic rings. The quantitative estimate of drug-likeness (QED) is 0.899. The molecule has 2 rings (SSSR count). The van der Waals surface area contributed by atoms with Gasteiger partial charge in [0.15, 0.2) is 0 Å². The summed E-state index contributed by atoms with van der Waals surface area (Å²) in [5, 5.41) is 2.70. The standard InChI is InChI=1S/C13H16F2N2O2.ClH/c14-13(15)19-11-3-1-2-10(7-11)17-12(18)8-4-5-9(16)6-8;/h1-3,7-9,13H,4-6,16H2,(H,17,18);1H. The molecular formula is C13H17ClF2N2O2. The van der Waals surface area contributed by atoms with E-state index >= 15 is 0 Å². The van der Waals surface area contributed by atoms with Crippen LogP contribution in [0.15, 0.2) is 24.3 Å². The zero-order valence-electron chi connectivity index (χ0n) is 10.7. The van der Waals surface area contributed by atoms with Gasteiger partial charge in [-0.25, -0.2) is 0 Å². The molecule has 0 aliphatic heterocycles. The van der Waals surface area contributed by atoms with E-state index in [-0.39, 0.29) is 36.0 Å². The number of amides is 1. The molecule has 1 aromatic rings. The third kappa shape index (κ3) is 4.61. The van der Waals surface area contributed by atoms with Gasteiger partial charge in [-0.1, -0.05) is 6.07 Å². The van der Waals surface area contributed by atoms with Crippen molar-refractivity contribution in [1.29, 1.82) is 0 Å². The second kappa shape index (κ2) is 7.40. The van der Waals surface area contributed by atoms with Crippen molar-refractivity contribution in [2.24, 2.45) is 11.7 Å². The Hall–Kier alpha value is -1.40. The summed E-state index contributed by atoms with van der Waals surface area (Å²) in [6.45, 7) is -2.88. The Morgan fingerprint density at radius 3 is 2.75 bits per heavy atom. The highest BCUT2D eigenvalue weighted by atomic mass is 35.5. The number of nitrogens with one attached hydrogen (secondary N) is 1. The molecule has 1 amide bonds. The van der Waals surface area contributed by atoms with Gasteiger partial charge >= 0.3 is 6.61 Å². The van der Waals surface area contributed by atoms with Crippen molar-refractivity contribution in [3.05, 3.63) is 24.3 Å². The minimum Gasteiger partial charge on any atom is -0.435 e. The molecule has 0 aromatic heterocycles. The van der Waals surface area contributed by atoms with Crippen molar-refractivity contribution in [2.75, 3.05) is 5.32 Å². The molecule has 0 spiro atoms. The lowest BCUT2D eigenvalue weighted by molar-refractivity contribution is -0.119. The minimum absolute atomic E-state index is 0. The smallest absolute Gasteiger partial charge is 0.387 e. The number of halogens is 3. The molecule has 1 fully saturated rings. The number of nitrogens with two attached hydrogens (primary N) is 1. The van der Waals surface area contributed by atoms with Crippen LogP contribution >= 0.6 is 12.4 Å². The Morgan fingerprint density at radius 2 is 2.15 bits per heavy atom. The van der Waals surface area contributed by atoms with Gasteiger partial charge in [0.25, 0.3) is 0 Å². The van der Waals surface area contributed by atoms with Gasteiger partial charge in [-0.05, 0) is 31.4 Å². The van der Waals surface area contributed by atoms with E-state index in [9.17, 15) is 13.6 Å². The van der Waals surface area contributed by atoms with Crippen LogP contribution in [0.4, 0.5) is 14.5 Å². The zero-order valence-corrected chi connectivity index (χ0v) is 11.5. The topological polar surface area (TPSA) is 64.4 Å². The van der Waals surface area contributed by atoms with Crippen molar-refractivity contribution >= 4 is 24.0 Å². The molecule has 2 unspecified atom stereocenters. The summed E-state index contributed by atoms with van der Waals surface area (Å²) in [7, 11) is 0. The van der Waals surface area contributed by atoms with Crippen LogP contribution in [0, 0.1) is 5.92 Å². The first-order chi connectivity index (χ1) is 9.04. The molecule has 1 saturated carbocycles. The summed E-state index contributed by atoms with van der Waals surface area (Å²) in [5.74, 6) is -0.201. The summed E-state index contributed by atoms with van der Waals surface area (Å²) >= 11 is 0. The van der Waals surface area contributed by atoms with E-state index in [2.05, 4.69) is 10.1 Å². The first-order valence-electron chi connectivity index (χ1n) is 6.16. The van der Waals surface area contributed by atoms with E-state index < -0.39 is 6.61 Å². The predicted octanol–water partition coefficient (Wildman–Crippen LogP) is 2.78. The molecular weight excluding hydrogens is 290 g/mol. The predicted molar refractivity (Wildman–Crippen MR) is 74.3 cm³/mol. The maximum absolute atomic E-state index is 12.1. The van der Waals surface area contributed by atoms with E-state index in [1.807, 2.05) is 0 Å². The molecule has 1 aromatic carbocycles. The van der Waals surface area contributed by atoms with Gasteiger partial charge in [0, 0.05) is 23.7 Å². The maximum atomic E-state index is 12.1. The number of alkyl halides is 2. The third-order valence-corrected chi connectivity index (χ3v) is 3.17. The second-order valence-electron chi connectivity index (χ2n) is 4.67. The van der Waals surface area contributed by atoms with Crippen molar-refractivity contribution in [3.8, 4) is 5.75 Å². The Morgan fingerprint density at radius 1 is 1.40 bits per heavy atom. The Bertz CT molecular complexity index is 460. The third-order valence-electron chi connectivity index (χ3n) is 3.17. The summed E-state index contributed by atoms with van der Waals surface area (Å²) in [5.41, 5.74) is 6.20. The lowest BCUT2D eigenvalue weighted by atomic mass is 10.1. The highest BCUT2D eigenvalue weighted by molar-refractivity contribution is 5.92. The van der Waals surface area contributed by atoms with Crippen LogP contribution in [0.1, 0.15) is 19.3 Å². The lowest BCUT2D eigenvalue weighted by Crippen LogP contribution is -2.23.